The summed E-state index contributed by atoms with van der Waals surface area (Å²) >= 11 is 1.23. The summed E-state index contributed by atoms with van der Waals surface area (Å²) in [5.74, 6) is 0.370. The van der Waals surface area contributed by atoms with Crippen LogP contribution in [0, 0.1) is 11.3 Å². The van der Waals surface area contributed by atoms with Crippen LogP contribution in [0.25, 0.3) is 21.3 Å². The van der Waals surface area contributed by atoms with E-state index in [-0.39, 0.29) is 17.3 Å². The van der Waals surface area contributed by atoms with E-state index in [1.807, 2.05) is 48.5 Å². The number of amides is 1. The first kappa shape index (κ1) is 21.0. The number of nitriles is 1. The van der Waals surface area contributed by atoms with Crippen LogP contribution in [0.4, 0.5) is 17.2 Å². The number of benzene rings is 2. The van der Waals surface area contributed by atoms with Crippen molar-refractivity contribution in [3.8, 4) is 17.2 Å². The predicted octanol–water partition coefficient (Wildman–Crippen LogP) is 5.33. The molecule has 0 spiro atoms. The van der Waals surface area contributed by atoms with Crippen LogP contribution in [0.3, 0.4) is 0 Å². The molecule has 0 bridgehead atoms. The average Bonchev–Trinajstić information content (AvgIpc) is 3.39. The lowest BCUT2D eigenvalue weighted by Crippen LogP contribution is -2.28. The van der Waals surface area contributed by atoms with Gasteiger partial charge in [0.2, 0.25) is 0 Å². The fourth-order valence-electron chi connectivity index (χ4n) is 4.44. The van der Waals surface area contributed by atoms with Gasteiger partial charge in [0, 0.05) is 23.2 Å². The van der Waals surface area contributed by atoms with Crippen molar-refractivity contribution >= 4 is 44.7 Å². The molecule has 5 rings (SSSR count). The Balaban J connectivity index is 1.69. The maximum atomic E-state index is 13.5. The molecule has 4 N–H and O–H groups in total. The topological polar surface area (TPSA) is 109 Å². The predicted molar refractivity (Wildman–Crippen MR) is 135 cm³/mol. The number of hydrogen-bond donors (Lipinski definition) is 2. The molecule has 0 aliphatic carbocycles. The molecule has 164 valence electrons. The van der Waals surface area contributed by atoms with E-state index < -0.39 is 0 Å². The zero-order valence-corrected chi connectivity index (χ0v) is 19.2. The maximum Gasteiger partial charge on any atom is 0.270 e. The quantitative estimate of drug-likeness (QED) is 0.436. The molecule has 0 unspecified atom stereocenters. The number of nitrogens with two attached hydrogens (primary N) is 2. The van der Waals surface area contributed by atoms with Gasteiger partial charge >= 0.3 is 0 Å². The Labute approximate surface area is 196 Å². The zero-order valence-electron chi connectivity index (χ0n) is 18.4. The Bertz CT molecular complexity index is 1450. The summed E-state index contributed by atoms with van der Waals surface area (Å²) in [7, 11) is 0. The van der Waals surface area contributed by atoms with Crippen molar-refractivity contribution in [3.05, 3.63) is 70.1 Å². The van der Waals surface area contributed by atoms with Gasteiger partial charge in [-0.25, -0.2) is 4.98 Å². The Morgan fingerprint density at radius 1 is 1.15 bits per heavy atom. The Morgan fingerprint density at radius 2 is 1.88 bits per heavy atom. The normalized spacial score (nSPS) is 12.8. The molecule has 2 aromatic heterocycles. The summed E-state index contributed by atoms with van der Waals surface area (Å²) in [5, 5.41) is 10.5. The minimum absolute atomic E-state index is 0.139. The first-order chi connectivity index (χ1) is 15.9. The molecule has 1 aliphatic heterocycles. The first-order valence-electron chi connectivity index (χ1n) is 10.8. The number of carbonyl (C=O) groups is 1. The molecule has 6 nitrogen and oxygen atoms in total. The Hall–Kier alpha value is -3.89. The lowest BCUT2D eigenvalue weighted by atomic mass is 9.94. The van der Waals surface area contributed by atoms with E-state index in [4.69, 9.17) is 11.5 Å². The summed E-state index contributed by atoms with van der Waals surface area (Å²) in [5.41, 5.74) is 18.1. The third-order valence-corrected chi connectivity index (χ3v) is 7.30. The van der Waals surface area contributed by atoms with Crippen molar-refractivity contribution in [2.75, 3.05) is 22.9 Å². The van der Waals surface area contributed by atoms with Gasteiger partial charge in [-0.05, 0) is 35.1 Å². The van der Waals surface area contributed by atoms with E-state index in [1.165, 1.54) is 16.9 Å². The fraction of sp³-hybridized carbons (Fsp3) is 0.192. The van der Waals surface area contributed by atoms with Crippen molar-refractivity contribution in [3.63, 3.8) is 0 Å². The van der Waals surface area contributed by atoms with E-state index in [0.717, 1.165) is 23.2 Å². The molecule has 1 amide bonds. The Morgan fingerprint density at radius 3 is 2.58 bits per heavy atom. The molecule has 2 aromatic carbocycles. The number of fused-ring (bicyclic) bond motifs is 2. The van der Waals surface area contributed by atoms with Crippen LogP contribution in [-0.2, 0) is 6.42 Å². The molecule has 4 aromatic rings. The number of aromatic nitrogens is 1. The van der Waals surface area contributed by atoms with Gasteiger partial charge in [-0.1, -0.05) is 56.3 Å². The molecule has 3 heterocycles. The van der Waals surface area contributed by atoms with Gasteiger partial charge in [-0.15, -0.1) is 11.3 Å². The number of rotatable bonds is 3. The van der Waals surface area contributed by atoms with Crippen molar-refractivity contribution in [2.24, 2.45) is 0 Å². The monoisotopic (exact) mass is 453 g/mol. The molecule has 33 heavy (non-hydrogen) atoms. The minimum atomic E-state index is -0.154. The van der Waals surface area contributed by atoms with E-state index in [9.17, 15) is 10.1 Å². The fourth-order valence-corrected chi connectivity index (χ4v) is 5.50. The highest BCUT2D eigenvalue weighted by molar-refractivity contribution is 7.21. The second kappa shape index (κ2) is 7.91. The Kier molecular flexibility index (Phi) is 5.03. The highest BCUT2D eigenvalue weighted by Crippen LogP contribution is 2.44. The summed E-state index contributed by atoms with van der Waals surface area (Å²) in [6, 6.07) is 18.1. The van der Waals surface area contributed by atoms with Crippen LogP contribution in [0.15, 0.2) is 48.5 Å². The van der Waals surface area contributed by atoms with Crippen LogP contribution < -0.4 is 16.4 Å². The SMILES string of the molecule is CC(C)c1ccc(-c2c(C#N)c(N)nc3sc(C(=O)N4CCc5ccccc54)c(N)c23)cc1. The van der Waals surface area contributed by atoms with E-state index in [0.29, 0.717) is 38.8 Å². The summed E-state index contributed by atoms with van der Waals surface area (Å²) < 4.78 is 0. The lowest BCUT2D eigenvalue weighted by Gasteiger charge is -2.16. The van der Waals surface area contributed by atoms with Crippen LogP contribution in [0.5, 0.6) is 0 Å². The van der Waals surface area contributed by atoms with Crippen molar-refractivity contribution in [2.45, 2.75) is 26.2 Å². The van der Waals surface area contributed by atoms with E-state index in [1.54, 1.807) is 4.90 Å². The third kappa shape index (κ3) is 3.31. The van der Waals surface area contributed by atoms with E-state index in [2.05, 4.69) is 24.9 Å². The second-order valence-corrected chi connectivity index (χ2v) is 9.50. The van der Waals surface area contributed by atoms with Gasteiger partial charge in [0.25, 0.3) is 5.91 Å². The van der Waals surface area contributed by atoms with Crippen molar-refractivity contribution in [1.82, 2.24) is 4.98 Å². The number of thiophene rings is 1. The van der Waals surface area contributed by atoms with Crippen LogP contribution in [0.2, 0.25) is 0 Å². The maximum absolute atomic E-state index is 13.5. The molecular weight excluding hydrogens is 430 g/mol. The number of nitrogens with zero attached hydrogens (tertiary/aromatic N) is 3. The number of carbonyl (C=O) groups excluding carboxylic acids is 1. The largest absolute Gasteiger partial charge is 0.397 e. The molecule has 1 aliphatic rings. The number of nitrogen functional groups attached to an aromatic ring is 2. The number of hydrogen-bond acceptors (Lipinski definition) is 6. The molecule has 0 radical (unpaired) electrons. The minimum Gasteiger partial charge on any atom is -0.397 e. The standard InChI is InChI=1S/C26H23N5OS/c1-14(2)15-7-9-17(10-8-15)20-18(13-27)24(29)30-25-21(20)22(28)23(33-25)26(32)31-12-11-16-5-3-4-6-19(16)31/h3-10,14H,11-12,28H2,1-2H3,(H2,29,30). The molecule has 0 saturated carbocycles. The van der Waals surface area contributed by atoms with Crippen molar-refractivity contribution < 1.29 is 4.79 Å². The zero-order chi connectivity index (χ0) is 23.3. The van der Waals surface area contributed by atoms with Gasteiger partial charge in [0.1, 0.15) is 27.2 Å². The lowest BCUT2D eigenvalue weighted by molar-refractivity contribution is 0.0994. The summed E-state index contributed by atoms with van der Waals surface area (Å²) in [6.45, 7) is 4.86. The highest BCUT2D eigenvalue weighted by atomic mass is 32.1. The van der Waals surface area contributed by atoms with Crippen LogP contribution in [0.1, 0.15) is 46.1 Å². The van der Waals surface area contributed by atoms with E-state index >= 15 is 0 Å². The van der Waals surface area contributed by atoms with Gasteiger partial charge in [0.05, 0.1) is 5.69 Å². The summed E-state index contributed by atoms with van der Waals surface area (Å²) in [6.07, 6.45) is 0.809. The number of para-hydroxylation sites is 1. The highest BCUT2D eigenvalue weighted by Gasteiger charge is 2.30. The second-order valence-electron chi connectivity index (χ2n) is 8.50. The van der Waals surface area contributed by atoms with Gasteiger partial charge in [-0.2, -0.15) is 5.26 Å². The summed E-state index contributed by atoms with van der Waals surface area (Å²) in [4.78, 5) is 20.7. The van der Waals surface area contributed by atoms with Gasteiger partial charge in [0.15, 0.2) is 0 Å². The van der Waals surface area contributed by atoms with Crippen molar-refractivity contribution in [1.29, 1.82) is 5.26 Å². The number of pyridine rings is 1. The van der Waals surface area contributed by atoms with Gasteiger partial charge < -0.3 is 16.4 Å². The molecular formula is C26H23N5OS. The smallest absolute Gasteiger partial charge is 0.270 e. The van der Waals surface area contributed by atoms with Gasteiger partial charge in [-0.3, -0.25) is 4.79 Å². The molecule has 0 saturated heterocycles. The third-order valence-electron chi connectivity index (χ3n) is 6.21. The molecule has 0 atom stereocenters. The molecule has 0 fully saturated rings. The number of anilines is 3. The van der Waals surface area contributed by atoms with Crippen LogP contribution in [-0.4, -0.2) is 17.4 Å². The van der Waals surface area contributed by atoms with Crippen LogP contribution >= 0.6 is 11.3 Å². The average molecular weight is 454 g/mol. The first-order valence-corrected chi connectivity index (χ1v) is 11.6. The molecule has 7 heteroatoms.